The molecule has 14 heavy (non-hydrogen) atoms. The van der Waals surface area contributed by atoms with Crippen molar-refractivity contribution in [1.29, 1.82) is 0 Å². The summed E-state index contributed by atoms with van der Waals surface area (Å²) in [5.74, 6) is 0.903. The van der Waals surface area contributed by atoms with Gasteiger partial charge in [-0.2, -0.15) is 0 Å². The normalized spacial score (nSPS) is 38.4. The van der Waals surface area contributed by atoms with Crippen LogP contribution in [0.25, 0.3) is 0 Å². The van der Waals surface area contributed by atoms with Gasteiger partial charge in [-0.15, -0.1) is 0 Å². The van der Waals surface area contributed by atoms with Gasteiger partial charge in [0.15, 0.2) is 0 Å². The van der Waals surface area contributed by atoms with Crippen LogP contribution in [-0.4, -0.2) is 24.7 Å². The number of rotatable bonds is 3. The fourth-order valence-electron chi connectivity index (χ4n) is 3.18. The monoisotopic (exact) mass is 196 g/mol. The molecular formula is C12H24N2. The van der Waals surface area contributed by atoms with Crippen LogP contribution in [0.15, 0.2) is 0 Å². The van der Waals surface area contributed by atoms with Crippen molar-refractivity contribution in [2.45, 2.75) is 64.1 Å². The van der Waals surface area contributed by atoms with Gasteiger partial charge in [-0.25, -0.2) is 0 Å². The van der Waals surface area contributed by atoms with Gasteiger partial charge in [-0.3, -0.25) is 0 Å². The molecule has 0 aromatic carbocycles. The molecule has 0 amide bonds. The van der Waals surface area contributed by atoms with Gasteiger partial charge in [0.25, 0.3) is 0 Å². The lowest BCUT2D eigenvalue weighted by molar-refractivity contribution is 0.307. The number of nitrogens with one attached hydrogen (secondary N) is 2. The van der Waals surface area contributed by atoms with Crippen molar-refractivity contribution in [3.63, 3.8) is 0 Å². The molecule has 2 aliphatic rings. The van der Waals surface area contributed by atoms with Crippen LogP contribution in [0.3, 0.4) is 0 Å². The lowest BCUT2D eigenvalue weighted by Gasteiger charge is -2.28. The summed E-state index contributed by atoms with van der Waals surface area (Å²) in [5, 5.41) is 7.39. The fourth-order valence-corrected chi connectivity index (χ4v) is 3.18. The second-order valence-corrected chi connectivity index (χ2v) is 5.23. The van der Waals surface area contributed by atoms with E-state index in [2.05, 4.69) is 24.5 Å². The first-order valence-corrected chi connectivity index (χ1v) is 6.27. The molecule has 1 saturated heterocycles. The largest absolute Gasteiger partial charge is 0.314 e. The van der Waals surface area contributed by atoms with Crippen LogP contribution in [-0.2, 0) is 0 Å². The maximum atomic E-state index is 3.73. The number of hydrogen-bond acceptors (Lipinski definition) is 2. The molecule has 2 rings (SSSR count). The van der Waals surface area contributed by atoms with Crippen LogP contribution in [0, 0.1) is 5.92 Å². The van der Waals surface area contributed by atoms with E-state index in [4.69, 9.17) is 0 Å². The van der Waals surface area contributed by atoms with Crippen molar-refractivity contribution in [3.8, 4) is 0 Å². The summed E-state index contributed by atoms with van der Waals surface area (Å²) in [7, 11) is 0. The van der Waals surface area contributed by atoms with E-state index in [1.54, 1.807) is 0 Å². The van der Waals surface area contributed by atoms with E-state index in [1.165, 1.54) is 38.6 Å². The Morgan fingerprint density at radius 1 is 1.14 bits per heavy atom. The van der Waals surface area contributed by atoms with Gasteiger partial charge in [-0.05, 0) is 38.1 Å². The molecule has 2 N–H and O–H groups in total. The third-order valence-corrected chi connectivity index (χ3v) is 3.73. The van der Waals surface area contributed by atoms with Gasteiger partial charge >= 0.3 is 0 Å². The van der Waals surface area contributed by atoms with Crippen LogP contribution >= 0.6 is 0 Å². The quantitative estimate of drug-likeness (QED) is 0.720. The third kappa shape index (κ3) is 2.29. The first-order valence-electron chi connectivity index (χ1n) is 6.27. The van der Waals surface area contributed by atoms with Gasteiger partial charge in [-0.1, -0.05) is 20.3 Å². The van der Waals surface area contributed by atoms with Crippen molar-refractivity contribution >= 4 is 0 Å². The Morgan fingerprint density at radius 2 is 2.00 bits per heavy atom. The minimum absolute atomic E-state index is 0.641. The van der Waals surface area contributed by atoms with Crippen LogP contribution in [0.4, 0.5) is 0 Å². The van der Waals surface area contributed by atoms with Crippen LogP contribution < -0.4 is 10.6 Å². The molecule has 2 fully saturated rings. The smallest absolute Gasteiger partial charge is 0.0112 e. The van der Waals surface area contributed by atoms with Crippen molar-refractivity contribution < 1.29 is 0 Å². The van der Waals surface area contributed by atoms with Crippen molar-refractivity contribution in [2.75, 3.05) is 6.54 Å². The molecule has 0 bridgehead atoms. The summed E-state index contributed by atoms with van der Waals surface area (Å²) in [5.41, 5.74) is 0. The Hall–Kier alpha value is -0.0800. The lowest BCUT2D eigenvalue weighted by Crippen LogP contribution is -2.44. The summed E-state index contributed by atoms with van der Waals surface area (Å²) in [6.07, 6.45) is 7.03. The molecule has 82 valence electrons. The first-order chi connectivity index (χ1) is 6.77. The Kier molecular flexibility index (Phi) is 3.45. The Balaban J connectivity index is 1.89. The van der Waals surface area contributed by atoms with E-state index in [0.29, 0.717) is 6.04 Å². The van der Waals surface area contributed by atoms with Crippen molar-refractivity contribution in [2.24, 2.45) is 5.92 Å². The summed E-state index contributed by atoms with van der Waals surface area (Å²) in [6.45, 7) is 5.77. The second kappa shape index (κ2) is 4.63. The molecule has 1 heterocycles. The Bertz CT molecular complexity index is 173. The molecule has 2 heteroatoms. The average molecular weight is 196 g/mol. The summed E-state index contributed by atoms with van der Waals surface area (Å²) in [6, 6.07) is 2.24. The molecule has 3 unspecified atom stereocenters. The van der Waals surface area contributed by atoms with E-state index < -0.39 is 0 Å². The molecule has 0 aromatic heterocycles. The van der Waals surface area contributed by atoms with Crippen molar-refractivity contribution in [3.05, 3.63) is 0 Å². The zero-order chi connectivity index (χ0) is 9.97. The van der Waals surface area contributed by atoms with Gasteiger partial charge in [0.1, 0.15) is 0 Å². The highest BCUT2D eigenvalue weighted by Gasteiger charge is 2.34. The first kappa shape index (κ1) is 10.4. The molecule has 3 atom stereocenters. The van der Waals surface area contributed by atoms with E-state index in [0.717, 1.165) is 18.0 Å². The van der Waals surface area contributed by atoms with Gasteiger partial charge in [0, 0.05) is 18.1 Å². The van der Waals surface area contributed by atoms with E-state index in [-0.39, 0.29) is 0 Å². The van der Waals surface area contributed by atoms with Gasteiger partial charge in [0.05, 0.1) is 0 Å². The molecular weight excluding hydrogens is 172 g/mol. The van der Waals surface area contributed by atoms with Crippen LogP contribution in [0.5, 0.6) is 0 Å². The minimum Gasteiger partial charge on any atom is -0.314 e. The molecule has 2 nitrogen and oxygen atoms in total. The topological polar surface area (TPSA) is 24.1 Å². The number of hydrogen-bond donors (Lipinski definition) is 2. The summed E-state index contributed by atoms with van der Waals surface area (Å²) < 4.78 is 0. The lowest BCUT2D eigenvalue weighted by atomic mass is 9.93. The van der Waals surface area contributed by atoms with E-state index in [9.17, 15) is 0 Å². The van der Waals surface area contributed by atoms with E-state index in [1.807, 2.05) is 0 Å². The van der Waals surface area contributed by atoms with Crippen molar-refractivity contribution in [1.82, 2.24) is 10.6 Å². The maximum absolute atomic E-state index is 3.73. The SMILES string of the molecule is CC(C)NC1CCCC1C1CCCN1. The third-order valence-electron chi connectivity index (χ3n) is 3.73. The van der Waals surface area contributed by atoms with Gasteiger partial charge in [0.2, 0.25) is 0 Å². The summed E-state index contributed by atoms with van der Waals surface area (Å²) >= 11 is 0. The highest BCUT2D eigenvalue weighted by Crippen LogP contribution is 2.32. The minimum atomic E-state index is 0.641. The summed E-state index contributed by atoms with van der Waals surface area (Å²) in [4.78, 5) is 0. The zero-order valence-electron chi connectivity index (χ0n) is 9.55. The molecule has 1 aliphatic heterocycles. The Labute approximate surface area is 87.8 Å². The van der Waals surface area contributed by atoms with E-state index >= 15 is 0 Å². The Morgan fingerprint density at radius 3 is 2.64 bits per heavy atom. The molecule has 0 aromatic rings. The molecule has 1 aliphatic carbocycles. The van der Waals surface area contributed by atoms with Crippen LogP contribution in [0.1, 0.15) is 46.0 Å². The predicted molar refractivity (Wildman–Crippen MR) is 60.4 cm³/mol. The molecule has 0 spiro atoms. The molecule has 1 saturated carbocycles. The maximum Gasteiger partial charge on any atom is 0.0112 e. The predicted octanol–water partition coefficient (Wildman–Crippen LogP) is 1.91. The fraction of sp³-hybridized carbons (Fsp3) is 1.00. The zero-order valence-corrected chi connectivity index (χ0v) is 9.55. The highest BCUT2D eigenvalue weighted by atomic mass is 15.0. The van der Waals surface area contributed by atoms with Gasteiger partial charge < -0.3 is 10.6 Å². The standard InChI is InChI=1S/C12H24N2/c1-9(2)14-12-6-3-5-10(12)11-7-4-8-13-11/h9-14H,3-8H2,1-2H3. The second-order valence-electron chi connectivity index (χ2n) is 5.23. The molecule has 0 radical (unpaired) electrons. The average Bonchev–Trinajstić information content (AvgIpc) is 2.70. The van der Waals surface area contributed by atoms with Crippen LogP contribution in [0.2, 0.25) is 0 Å². The highest BCUT2D eigenvalue weighted by molar-refractivity contribution is 4.93.